The van der Waals surface area contributed by atoms with Crippen molar-refractivity contribution >= 4 is 16.5 Å². The summed E-state index contributed by atoms with van der Waals surface area (Å²) in [6, 6.07) is 0.500. The van der Waals surface area contributed by atoms with Gasteiger partial charge < -0.3 is 10.2 Å². The fraction of sp³-hybridized carbons (Fsp3) is 0.824. The molecular formula is C17H33N3S. The Morgan fingerprint density at radius 2 is 1.71 bits per heavy atom. The largest absolute Gasteiger partial charge is 0.348 e. The number of hydrogen-bond donors (Lipinski definition) is 1. The molecule has 21 heavy (non-hydrogen) atoms. The first kappa shape index (κ1) is 18.4. The lowest BCUT2D eigenvalue weighted by molar-refractivity contribution is 0.425. The molecule has 1 heterocycles. The predicted octanol–water partition coefficient (Wildman–Crippen LogP) is 4.64. The van der Waals surface area contributed by atoms with Crippen LogP contribution < -0.4 is 10.2 Å². The van der Waals surface area contributed by atoms with E-state index in [0.717, 1.165) is 11.7 Å². The second-order valence-electron chi connectivity index (χ2n) is 7.66. The van der Waals surface area contributed by atoms with Gasteiger partial charge in [0.25, 0.3) is 0 Å². The third-order valence-corrected chi connectivity index (χ3v) is 5.08. The lowest BCUT2D eigenvalue weighted by Crippen LogP contribution is -2.35. The zero-order valence-electron chi connectivity index (χ0n) is 15.2. The third kappa shape index (κ3) is 5.26. The first-order valence-corrected chi connectivity index (χ1v) is 8.82. The minimum atomic E-state index is 0.134. The van der Waals surface area contributed by atoms with Crippen molar-refractivity contribution in [3.05, 3.63) is 10.6 Å². The Bertz CT molecular complexity index is 443. The van der Waals surface area contributed by atoms with Crippen LogP contribution in [0.3, 0.4) is 0 Å². The zero-order chi connectivity index (χ0) is 16.4. The van der Waals surface area contributed by atoms with Crippen molar-refractivity contribution in [1.29, 1.82) is 0 Å². The van der Waals surface area contributed by atoms with Crippen molar-refractivity contribution in [2.75, 3.05) is 11.9 Å². The predicted molar refractivity (Wildman–Crippen MR) is 95.5 cm³/mol. The molecule has 0 amide bonds. The minimum Gasteiger partial charge on any atom is -0.348 e. The van der Waals surface area contributed by atoms with Gasteiger partial charge in [-0.3, -0.25) is 0 Å². The lowest BCUT2D eigenvalue weighted by atomic mass is 10.1. The second kappa shape index (κ2) is 7.10. The maximum absolute atomic E-state index is 4.92. The fourth-order valence-corrected chi connectivity index (χ4v) is 3.25. The average molecular weight is 312 g/mol. The van der Waals surface area contributed by atoms with Crippen molar-refractivity contribution < 1.29 is 0 Å². The van der Waals surface area contributed by atoms with Crippen LogP contribution in [-0.4, -0.2) is 23.6 Å². The van der Waals surface area contributed by atoms with Crippen LogP contribution in [0.1, 0.15) is 71.9 Å². The van der Waals surface area contributed by atoms with Gasteiger partial charge >= 0.3 is 0 Å². The Kier molecular flexibility index (Phi) is 6.23. The summed E-state index contributed by atoms with van der Waals surface area (Å²) < 4.78 is 0. The van der Waals surface area contributed by atoms with Gasteiger partial charge in [-0.05, 0) is 39.5 Å². The normalized spacial score (nSPS) is 14.0. The first-order chi connectivity index (χ1) is 9.53. The average Bonchev–Trinajstić information content (AvgIpc) is 2.77. The van der Waals surface area contributed by atoms with Gasteiger partial charge in [0.15, 0.2) is 5.13 Å². The van der Waals surface area contributed by atoms with Crippen LogP contribution in [0.5, 0.6) is 0 Å². The molecule has 0 spiro atoms. The molecule has 0 saturated carbocycles. The van der Waals surface area contributed by atoms with E-state index in [1.165, 1.54) is 10.6 Å². The summed E-state index contributed by atoms with van der Waals surface area (Å²) in [5.74, 6) is 1.09. The number of hydrogen-bond acceptors (Lipinski definition) is 4. The molecule has 1 rings (SSSR count). The molecule has 0 aliphatic carbocycles. The molecule has 0 fully saturated rings. The van der Waals surface area contributed by atoms with Gasteiger partial charge in [-0.2, -0.15) is 0 Å². The summed E-state index contributed by atoms with van der Waals surface area (Å²) in [7, 11) is 2.16. The minimum absolute atomic E-state index is 0.134. The molecular weight excluding hydrogens is 278 g/mol. The highest BCUT2D eigenvalue weighted by atomic mass is 32.1. The molecule has 1 aromatic rings. The standard InChI is InChI=1S/C17H33N3S/c1-11(2)13(5)20(9)16-19-15(12(3)4)14(21-16)10-18-17(6,7)8/h11-13,18H,10H2,1-9H3. The fourth-order valence-electron chi connectivity index (χ4n) is 2.05. The van der Waals surface area contributed by atoms with Crippen molar-refractivity contribution in [2.45, 2.75) is 79.4 Å². The highest BCUT2D eigenvalue weighted by molar-refractivity contribution is 7.15. The van der Waals surface area contributed by atoms with Crippen LogP contribution in [0.2, 0.25) is 0 Å². The Morgan fingerprint density at radius 1 is 1.14 bits per heavy atom. The van der Waals surface area contributed by atoms with E-state index in [1.54, 1.807) is 0 Å². The Balaban J connectivity index is 2.99. The van der Waals surface area contributed by atoms with Crippen LogP contribution in [0, 0.1) is 5.92 Å². The highest BCUT2D eigenvalue weighted by Crippen LogP contribution is 2.32. The van der Waals surface area contributed by atoms with E-state index >= 15 is 0 Å². The van der Waals surface area contributed by atoms with Crippen LogP contribution in [0.4, 0.5) is 5.13 Å². The van der Waals surface area contributed by atoms with Gasteiger partial charge in [-0.15, -0.1) is 11.3 Å². The molecule has 0 saturated heterocycles. The number of nitrogens with one attached hydrogen (secondary N) is 1. The van der Waals surface area contributed by atoms with E-state index < -0.39 is 0 Å². The summed E-state index contributed by atoms with van der Waals surface area (Å²) in [4.78, 5) is 8.61. The molecule has 1 aromatic heterocycles. The number of thiazole rings is 1. The van der Waals surface area contributed by atoms with Gasteiger partial charge in [0.1, 0.15) is 0 Å². The molecule has 0 radical (unpaired) electrons. The zero-order valence-corrected chi connectivity index (χ0v) is 16.1. The maximum atomic E-state index is 4.92. The summed E-state index contributed by atoms with van der Waals surface area (Å²) in [5.41, 5.74) is 1.38. The van der Waals surface area contributed by atoms with E-state index in [9.17, 15) is 0 Å². The van der Waals surface area contributed by atoms with Crippen molar-refractivity contribution in [2.24, 2.45) is 5.92 Å². The first-order valence-electron chi connectivity index (χ1n) is 8.00. The molecule has 122 valence electrons. The summed E-state index contributed by atoms with van der Waals surface area (Å²) >= 11 is 1.83. The molecule has 1 unspecified atom stereocenters. The van der Waals surface area contributed by atoms with Gasteiger partial charge in [0.05, 0.1) is 5.69 Å². The van der Waals surface area contributed by atoms with E-state index in [2.05, 4.69) is 72.7 Å². The second-order valence-corrected chi connectivity index (χ2v) is 8.72. The number of anilines is 1. The Labute approximate surface area is 135 Å². The van der Waals surface area contributed by atoms with Crippen molar-refractivity contribution in [1.82, 2.24) is 10.3 Å². The summed E-state index contributed by atoms with van der Waals surface area (Å²) in [6.45, 7) is 18.8. The van der Waals surface area contributed by atoms with Crippen LogP contribution >= 0.6 is 11.3 Å². The van der Waals surface area contributed by atoms with E-state index in [1.807, 2.05) is 11.3 Å². The quantitative estimate of drug-likeness (QED) is 0.830. The molecule has 4 heteroatoms. The number of aromatic nitrogens is 1. The molecule has 3 nitrogen and oxygen atoms in total. The summed E-state index contributed by atoms with van der Waals surface area (Å²) in [5, 5.41) is 4.73. The highest BCUT2D eigenvalue weighted by Gasteiger charge is 2.21. The van der Waals surface area contributed by atoms with Crippen molar-refractivity contribution in [3.8, 4) is 0 Å². The molecule has 0 aliphatic rings. The third-order valence-electron chi connectivity index (χ3n) is 3.92. The Hall–Kier alpha value is -0.610. The van der Waals surface area contributed by atoms with E-state index in [4.69, 9.17) is 4.98 Å². The van der Waals surface area contributed by atoms with Crippen molar-refractivity contribution in [3.63, 3.8) is 0 Å². The van der Waals surface area contributed by atoms with Gasteiger partial charge in [0.2, 0.25) is 0 Å². The van der Waals surface area contributed by atoms with Crippen LogP contribution in [0.15, 0.2) is 0 Å². The SMILES string of the molecule is CC(C)c1nc(N(C)C(C)C(C)C)sc1CNC(C)(C)C. The number of rotatable bonds is 6. The topological polar surface area (TPSA) is 28.2 Å². The van der Waals surface area contributed by atoms with Gasteiger partial charge in [-0.25, -0.2) is 4.98 Å². The lowest BCUT2D eigenvalue weighted by Gasteiger charge is -2.27. The molecule has 1 atom stereocenters. The van der Waals surface area contributed by atoms with Gasteiger partial charge in [-0.1, -0.05) is 27.7 Å². The molecule has 1 N–H and O–H groups in total. The van der Waals surface area contributed by atoms with E-state index in [-0.39, 0.29) is 5.54 Å². The number of nitrogens with zero attached hydrogens (tertiary/aromatic N) is 2. The van der Waals surface area contributed by atoms with E-state index in [0.29, 0.717) is 17.9 Å². The Morgan fingerprint density at radius 3 is 2.14 bits per heavy atom. The monoisotopic (exact) mass is 311 g/mol. The van der Waals surface area contributed by atoms with Gasteiger partial charge in [0, 0.05) is 30.1 Å². The summed E-state index contributed by atoms with van der Waals surface area (Å²) in [6.07, 6.45) is 0. The molecule has 0 aliphatic heterocycles. The van der Waals surface area contributed by atoms with Crippen LogP contribution in [0.25, 0.3) is 0 Å². The smallest absolute Gasteiger partial charge is 0.185 e. The molecule has 0 aromatic carbocycles. The van der Waals surface area contributed by atoms with Crippen LogP contribution in [-0.2, 0) is 6.54 Å². The maximum Gasteiger partial charge on any atom is 0.185 e. The molecule has 0 bridgehead atoms.